The van der Waals surface area contributed by atoms with Crippen LogP contribution in [-0.4, -0.2) is 17.2 Å². The second kappa shape index (κ2) is 5.22. The smallest absolute Gasteiger partial charge is 0.123 e. The van der Waals surface area contributed by atoms with E-state index in [-0.39, 0.29) is 11.9 Å². The lowest BCUT2D eigenvalue weighted by Gasteiger charge is -2.29. The second-order valence-electron chi connectivity index (χ2n) is 6.23. The molecule has 3 heteroatoms. The van der Waals surface area contributed by atoms with Crippen LogP contribution in [-0.2, 0) is 0 Å². The lowest BCUT2D eigenvalue weighted by molar-refractivity contribution is 0.122. The molecule has 2 bridgehead atoms. The fourth-order valence-electron chi connectivity index (χ4n) is 3.83. The molecule has 0 saturated heterocycles. The normalized spacial score (nSPS) is 32.5. The first-order valence-corrected chi connectivity index (χ1v) is 7.33. The Morgan fingerprint density at radius 3 is 2.53 bits per heavy atom. The van der Waals surface area contributed by atoms with E-state index < -0.39 is 6.10 Å². The molecule has 2 aliphatic rings. The molecule has 2 fully saturated rings. The molecule has 0 amide bonds. The number of hydrogen-bond donors (Lipinski definition) is 2. The molecule has 2 aliphatic carbocycles. The summed E-state index contributed by atoms with van der Waals surface area (Å²) in [5, 5.41) is 13.9. The summed E-state index contributed by atoms with van der Waals surface area (Å²) in [5.74, 6) is 1.44. The minimum atomic E-state index is -0.570. The summed E-state index contributed by atoms with van der Waals surface area (Å²) in [7, 11) is 0. The van der Waals surface area contributed by atoms with Crippen molar-refractivity contribution in [2.24, 2.45) is 11.8 Å². The minimum absolute atomic E-state index is 0.00908. The highest BCUT2D eigenvalue weighted by atomic mass is 19.1. The number of aliphatic hydroxyl groups excluding tert-OH is 1. The maximum Gasteiger partial charge on any atom is 0.123 e. The number of aliphatic hydroxyl groups is 1. The summed E-state index contributed by atoms with van der Waals surface area (Å²) in [6.07, 6.45) is 4.77. The molecule has 0 spiro atoms. The van der Waals surface area contributed by atoms with E-state index in [1.165, 1.54) is 37.8 Å². The van der Waals surface area contributed by atoms with Gasteiger partial charge in [-0.15, -0.1) is 0 Å². The second-order valence-corrected chi connectivity index (χ2v) is 6.23. The van der Waals surface area contributed by atoms with E-state index in [1.54, 1.807) is 12.1 Å². The zero-order valence-corrected chi connectivity index (χ0v) is 11.3. The summed E-state index contributed by atoms with van der Waals surface area (Å²) < 4.78 is 12.9. The van der Waals surface area contributed by atoms with Gasteiger partial charge in [0.2, 0.25) is 0 Å². The Hall–Kier alpha value is -0.930. The Kier molecular flexibility index (Phi) is 3.59. The van der Waals surface area contributed by atoms with Crippen molar-refractivity contribution in [3.8, 4) is 0 Å². The zero-order valence-electron chi connectivity index (χ0n) is 11.3. The van der Waals surface area contributed by atoms with Gasteiger partial charge in [0.1, 0.15) is 5.82 Å². The van der Waals surface area contributed by atoms with Gasteiger partial charge in [-0.2, -0.15) is 0 Å². The van der Waals surface area contributed by atoms with Crippen LogP contribution < -0.4 is 5.32 Å². The van der Waals surface area contributed by atoms with Gasteiger partial charge in [0.25, 0.3) is 0 Å². The average molecular weight is 263 g/mol. The van der Waals surface area contributed by atoms with Crippen molar-refractivity contribution in [1.29, 1.82) is 0 Å². The van der Waals surface area contributed by atoms with Crippen LogP contribution in [0, 0.1) is 17.7 Å². The quantitative estimate of drug-likeness (QED) is 0.875. The Balaban J connectivity index is 1.60. The average Bonchev–Trinajstić information content (AvgIpc) is 3.01. The first kappa shape index (κ1) is 13.1. The summed E-state index contributed by atoms with van der Waals surface area (Å²) in [5.41, 5.74) is 0.782. The molecule has 5 unspecified atom stereocenters. The summed E-state index contributed by atoms with van der Waals surface area (Å²) >= 11 is 0. The van der Waals surface area contributed by atoms with Crippen molar-refractivity contribution in [1.82, 2.24) is 5.32 Å². The van der Waals surface area contributed by atoms with Crippen LogP contribution in [0.5, 0.6) is 0 Å². The van der Waals surface area contributed by atoms with Crippen LogP contribution in [0.4, 0.5) is 4.39 Å². The SMILES string of the molecule is CC(NC1CC2CCC1C2)C(O)c1ccc(F)cc1. The van der Waals surface area contributed by atoms with Gasteiger partial charge in [-0.1, -0.05) is 18.6 Å². The molecule has 104 valence electrons. The standard InChI is InChI=1S/C16H22FNO/c1-10(16(19)12-4-6-14(17)7-5-12)18-15-9-11-2-3-13(15)8-11/h4-7,10-11,13,15-16,18-19H,2-3,8-9H2,1H3. The number of fused-ring (bicyclic) bond motifs is 2. The number of nitrogens with one attached hydrogen (secondary N) is 1. The Morgan fingerprint density at radius 1 is 1.21 bits per heavy atom. The molecule has 1 aromatic carbocycles. The number of hydrogen-bond acceptors (Lipinski definition) is 2. The Morgan fingerprint density at radius 2 is 1.95 bits per heavy atom. The molecule has 0 heterocycles. The van der Waals surface area contributed by atoms with Crippen molar-refractivity contribution in [2.75, 3.05) is 0 Å². The lowest BCUT2D eigenvalue weighted by Crippen LogP contribution is -2.42. The van der Waals surface area contributed by atoms with Gasteiger partial charge in [-0.3, -0.25) is 0 Å². The third-order valence-electron chi connectivity index (χ3n) is 4.90. The summed E-state index contributed by atoms with van der Waals surface area (Å²) in [6, 6.07) is 6.71. The fraction of sp³-hybridized carbons (Fsp3) is 0.625. The molecule has 19 heavy (non-hydrogen) atoms. The van der Waals surface area contributed by atoms with E-state index in [4.69, 9.17) is 0 Å². The highest BCUT2D eigenvalue weighted by Crippen LogP contribution is 2.44. The van der Waals surface area contributed by atoms with Crippen molar-refractivity contribution < 1.29 is 9.50 Å². The molecule has 0 aliphatic heterocycles. The van der Waals surface area contributed by atoms with Crippen molar-refractivity contribution >= 4 is 0 Å². The van der Waals surface area contributed by atoms with Crippen LogP contribution in [0.3, 0.4) is 0 Å². The van der Waals surface area contributed by atoms with E-state index in [0.717, 1.165) is 17.4 Å². The van der Waals surface area contributed by atoms with E-state index >= 15 is 0 Å². The lowest BCUT2D eigenvalue weighted by atomic mass is 9.93. The maximum absolute atomic E-state index is 12.9. The number of halogens is 1. The molecule has 0 aromatic heterocycles. The van der Waals surface area contributed by atoms with Crippen molar-refractivity contribution in [3.05, 3.63) is 35.6 Å². The molecule has 2 N–H and O–H groups in total. The minimum Gasteiger partial charge on any atom is -0.387 e. The van der Waals surface area contributed by atoms with E-state index in [2.05, 4.69) is 5.32 Å². The van der Waals surface area contributed by atoms with Crippen molar-refractivity contribution in [2.45, 2.75) is 50.8 Å². The van der Waals surface area contributed by atoms with Crippen LogP contribution in [0.2, 0.25) is 0 Å². The van der Waals surface area contributed by atoms with Crippen LogP contribution >= 0.6 is 0 Å². The summed E-state index contributed by atoms with van der Waals surface area (Å²) in [4.78, 5) is 0. The zero-order chi connectivity index (χ0) is 13.4. The molecule has 3 rings (SSSR count). The van der Waals surface area contributed by atoms with E-state index in [0.29, 0.717) is 6.04 Å². The first-order chi connectivity index (χ1) is 9.13. The number of benzene rings is 1. The monoisotopic (exact) mass is 263 g/mol. The molecular formula is C16H22FNO. The van der Waals surface area contributed by atoms with Gasteiger partial charge < -0.3 is 10.4 Å². The third-order valence-corrected chi connectivity index (χ3v) is 4.90. The topological polar surface area (TPSA) is 32.3 Å². The molecule has 2 saturated carbocycles. The molecule has 1 aromatic rings. The first-order valence-electron chi connectivity index (χ1n) is 7.33. The van der Waals surface area contributed by atoms with Gasteiger partial charge >= 0.3 is 0 Å². The highest BCUT2D eigenvalue weighted by Gasteiger charge is 2.40. The predicted octanol–water partition coefficient (Wildman–Crippen LogP) is 3.03. The molecule has 2 nitrogen and oxygen atoms in total. The summed E-state index contributed by atoms with van der Waals surface area (Å²) in [6.45, 7) is 2.01. The Labute approximate surface area is 114 Å². The van der Waals surface area contributed by atoms with Crippen LogP contribution in [0.15, 0.2) is 24.3 Å². The van der Waals surface area contributed by atoms with Gasteiger partial charge in [-0.25, -0.2) is 4.39 Å². The molecular weight excluding hydrogens is 241 g/mol. The van der Waals surface area contributed by atoms with Crippen LogP contribution in [0.25, 0.3) is 0 Å². The van der Waals surface area contributed by atoms with Crippen LogP contribution in [0.1, 0.15) is 44.3 Å². The maximum atomic E-state index is 12.9. The largest absolute Gasteiger partial charge is 0.387 e. The third kappa shape index (κ3) is 2.67. The van der Waals surface area contributed by atoms with E-state index in [9.17, 15) is 9.50 Å². The highest BCUT2D eigenvalue weighted by molar-refractivity contribution is 5.19. The molecule has 0 radical (unpaired) electrons. The van der Waals surface area contributed by atoms with Gasteiger partial charge in [-0.05, 0) is 55.7 Å². The van der Waals surface area contributed by atoms with Gasteiger partial charge in [0.15, 0.2) is 0 Å². The van der Waals surface area contributed by atoms with Crippen molar-refractivity contribution in [3.63, 3.8) is 0 Å². The fourth-order valence-corrected chi connectivity index (χ4v) is 3.83. The van der Waals surface area contributed by atoms with E-state index in [1.807, 2.05) is 6.92 Å². The van der Waals surface area contributed by atoms with Gasteiger partial charge in [0.05, 0.1) is 6.10 Å². The number of rotatable bonds is 4. The Bertz CT molecular complexity index is 433. The molecule has 5 atom stereocenters. The predicted molar refractivity (Wildman–Crippen MR) is 73.2 cm³/mol. The van der Waals surface area contributed by atoms with Gasteiger partial charge in [0, 0.05) is 12.1 Å².